The fraction of sp³-hybridized carbons (Fsp3) is 0.294. The smallest absolute Gasteiger partial charge is 0.207 e. The van der Waals surface area contributed by atoms with E-state index < -0.39 is 10.0 Å². The van der Waals surface area contributed by atoms with Gasteiger partial charge in [-0.05, 0) is 49.6 Å². The van der Waals surface area contributed by atoms with E-state index in [9.17, 15) is 12.8 Å². The zero-order valence-corrected chi connectivity index (χ0v) is 13.2. The second-order valence-electron chi connectivity index (χ2n) is 5.64. The van der Waals surface area contributed by atoms with Crippen molar-refractivity contribution in [1.82, 2.24) is 4.31 Å². The molecule has 3 nitrogen and oxygen atoms in total. The van der Waals surface area contributed by atoms with Crippen LogP contribution in [0.4, 0.5) is 4.39 Å². The second kappa shape index (κ2) is 5.82. The Morgan fingerprint density at radius 2 is 1.68 bits per heavy atom. The maximum atomic E-state index is 13.1. The highest BCUT2D eigenvalue weighted by molar-refractivity contribution is 7.89. The summed E-state index contributed by atoms with van der Waals surface area (Å²) in [4.78, 5) is 0.312. The predicted octanol–water partition coefficient (Wildman–Crippen LogP) is 3.66. The Morgan fingerprint density at radius 3 is 2.32 bits per heavy atom. The molecule has 3 rings (SSSR count). The third-order valence-electron chi connectivity index (χ3n) is 4.09. The van der Waals surface area contributed by atoms with Gasteiger partial charge in [-0.25, -0.2) is 12.8 Å². The Labute approximate surface area is 130 Å². The molecule has 1 heterocycles. The van der Waals surface area contributed by atoms with Crippen LogP contribution in [0.1, 0.15) is 30.0 Å². The van der Waals surface area contributed by atoms with Gasteiger partial charge in [-0.1, -0.05) is 29.8 Å². The van der Waals surface area contributed by atoms with E-state index in [0.29, 0.717) is 11.4 Å². The van der Waals surface area contributed by atoms with E-state index in [2.05, 4.69) is 0 Å². The van der Waals surface area contributed by atoms with E-state index >= 15 is 0 Å². The monoisotopic (exact) mass is 319 g/mol. The predicted molar refractivity (Wildman–Crippen MR) is 83.4 cm³/mol. The van der Waals surface area contributed by atoms with Crippen molar-refractivity contribution in [3.05, 3.63) is 65.5 Å². The Kier molecular flexibility index (Phi) is 4.02. The Hall–Kier alpha value is -1.72. The standard InChI is InChI=1S/C17H18FNO2S/c1-13-4-10-16(11-5-13)22(20,21)19-12-2-3-17(19)14-6-8-15(18)9-7-14/h4-11,17H,2-3,12H2,1H3. The molecule has 1 fully saturated rings. The number of aryl methyl sites for hydroxylation is 1. The lowest BCUT2D eigenvalue weighted by Crippen LogP contribution is -2.30. The van der Waals surface area contributed by atoms with Crippen molar-refractivity contribution < 1.29 is 12.8 Å². The van der Waals surface area contributed by atoms with Crippen LogP contribution in [0, 0.1) is 12.7 Å². The molecule has 1 unspecified atom stereocenters. The average Bonchev–Trinajstić information content (AvgIpc) is 2.99. The minimum absolute atomic E-state index is 0.216. The summed E-state index contributed by atoms with van der Waals surface area (Å²) in [6.45, 7) is 2.42. The minimum Gasteiger partial charge on any atom is -0.207 e. The summed E-state index contributed by atoms with van der Waals surface area (Å²) in [5, 5.41) is 0. The van der Waals surface area contributed by atoms with Crippen LogP contribution < -0.4 is 0 Å². The van der Waals surface area contributed by atoms with E-state index in [1.165, 1.54) is 16.4 Å². The summed E-state index contributed by atoms with van der Waals surface area (Å²) in [5.74, 6) is -0.310. The first kappa shape index (κ1) is 15.2. The second-order valence-corrected chi connectivity index (χ2v) is 7.53. The minimum atomic E-state index is -3.52. The number of sulfonamides is 1. The van der Waals surface area contributed by atoms with Gasteiger partial charge in [0.05, 0.1) is 10.9 Å². The molecule has 2 aromatic rings. The quantitative estimate of drug-likeness (QED) is 0.866. The maximum absolute atomic E-state index is 13.1. The summed E-state index contributed by atoms with van der Waals surface area (Å²) in [5.41, 5.74) is 1.87. The van der Waals surface area contributed by atoms with Crippen LogP contribution in [0.2, 0.25) is 0 Å². The van der Waals surface area contributed by atoms with Gasteiger partial charge in [0.25, 0.3) is 0 Å². The van der Waals surface area contributed by atoms with Gasteiger partial charge in [0.2, 0.25) is 10.0 Å². The highest BCUT2D eigenvalue weighted by Gasteiger charge is 2.36. The van der Waals surface area contributed by atoms with Crippen LogP contribution in [-0.2, 0) is 10.0 Å². The van der Waals surface area contributed by atoms with E-state index in [4.69, 9.17) is 0 Å². The van der Waals surface area contributed by atoms with Crippen molar-refractivity contribution in [3.63, 3.8) is 0 Å². The fourth-order valence-corrected chi connectivity index (χ4v) is 4.57. The number of benzene rings is 2. The van der Waals surface area contributed by atoms with Crippen molar-refractivity contribution in [1.29, 1.82) is 0 Å². The summed E-state index contributed by atoms with van der Waals surface area (Å²) in [6.07, 6.45) is 1.57. The average molecular weight is 319 g/mol. The first-order valence-electron chi connectivity index (χ1n) is 7.32. The summed E-state index contributed by atoms with van der Waals surface area (Å²) >= 11 is 0. The van der Waals surface area contributed by atoms with Gasteiger partial charge >= 0.3 is 0 Å². The highest BCUT2D eigenvalue weighted by atomic mass is 32.2. The van der Waals surface area contributed by atoms with Gasteiger partial charge in [-0.2, -0.15) is 4.31 Å². The van der Waals surface area contributed by atoms with Crippen molar-refractivity contribution in [2.75, 3.05) is 6.54 Å². The van der Waals surface area contributed by atoms with E-state index in [-0.39, 0.29) is 11.9 Å². The van der Waals surface area contributed by atoms with Gasteiger partial charge in [0, 0.05) is 6.54 Å². The number of hydrogen-bond acceptors (Lipinski definition) is 2. The van der Waals surface area contributed by atoms with Crippen LogP contribution in [0.5, 0.6) is 0 Å². The summed E-state index contributed by atoms with van der Waals surface area (Å²) < 4.78 is 40.3. The SMILES string of the molecule is Cc1ccc(S(=O)(=O)N2CCCC2c2ccc(F)cc2)cc1. The van der Waals surface area contributed by atoms with Crippen LogP contribution >= 0.6 is 0 Å². The Balaban J connectivity index is 1.95. The molecule has 0 aliphatic carbocycles. The molecule has 2 aromatic carbocycles. The molecule has 0 aromatic heterocycles. The third-order valence-corrected chi connectivity index (χ3v) is 6.01. The molecule has 1 saturated heterocycles. The first-order valence-corrected chi connectivity index (χ1v) is 8.76. The van der Waals surface area contributed by atoms with Crippen LogP contribution in [0.25, 0.3) is 0 Å². The normalized spacial score (nSPS) is 19.5. The number of halogens is 1. The van der Waals surface area contributed by atoms with Gasteiger partial charge in [-0.3, -0.25) is 0 Å². The molecule has 22 heavy (non-hydrogen) atoms. The molecule has 5 heteroatoms. The van der Waals surface area contributed by atoms with Crippen molar-refractivity contribution >= 4 is 10.0 Å². The van der Waals surface area contributed by atoms with Gasteiger partial charge in [-0.15, -0.1) is 0 Å². The van der Waals surface area contributed by atoms with Gasteiger partial charge in [0.1, 0.15) is 5.82 Å². The van der Waals surface area contributed by atoms with E-state index in [1.54, 1.807) is 36.4 Å². The summed E-state index contributed by atoms with van der Waals surface area (Å²) in [7, 11) is -3.52. The van der Waals surface area contributed by atoms with Crippen molar-refractivity contribution in [3.8, 4) is 0 Å². The Morgan fingerprint density at radius 1 is 1.05 bits per heavy atom. The molecule has 0 spiro atoms. The number of rotatable bonds is 3. The molecule has 0 radical (unpaired) electrons. The van der Waals surface area contributed by atoms with Gasteiger partial charge < -0.3 is 0 Å². The lowest BCUT2D eigenvalue weighted by atomic mass is 10.1. The third kappa shape index (κ3) is 2.78. The number of nitrogens with zero attached hydrogens (tertiary/aromatic N) is 1. The van der Waals surface area contributed by atoms with Crippen LogP contribution in [0.3, 0.4) is 0 Å². The van der Waals surface area contributed by atoms with Crippen LogP contribution in [0.15, 0.2) is 53.4 Å². The number of hydrogen-bond donors (Lipinski definition) is 0. The first-order chi connectivity index (χ1) is 10.5. The molecule has 1 aliphatic rings. The Bertz CT molecular complexity index is 754. The zero-order valence-electron chi connectivity index (χ0n) is 12.4. The summed E-state index contributed by atoms with van der Waals surface area (Å²) in [6, 6.07) is 12.8. The molecule has 0 N–H and O–H groups in total. The highest BCUT2D eigenvalue weighted by Crippen LogP contribution is 2.36. The van der Waals surface area contributed by atoms with E-state index in [0.717, 1.165) is 24.0 Å². The largest absolute Gasteiger partial charge is 0.243 e. The van der Waals surface area contributed by atoms with Crippen molar-refractivity contribution in [2.24, 2.45) is 0 Å². The van der Waals surface area contributed by atoms with Crippen molar-refractivity contribution in [2.45, 2.75) is 30.7 Å². The van der Waals surface area contributed by atoms with E-state index in [1.807, 2.05) is 6.92 Å². The molecule has 0 bridgehead atoms. The molecular formula is C17H18FNO2S. The molecule has 0 amide bonds. The topological polar surface area (TPSA) is 37.4 Å². The molecule has 1 atom stereocenters. The van der Waals surface area contributed by atoms with Gasteiger partial charge in [0.15, 0.2) is 0 Å². The van der Waals surface area contributed by atoms with Crippen LogP contribution in [-0.4, -0.2) is 19.3 Å². The lowest BCUT2D eigenvalue weighted by Gasteiger charge is -2.24. The molecule has 116 valence electrons. The molecule has 1 aliphatic heterocycles. The molecular weight excluding hydrogens is 301 g/mol. The zero-order chi connectivity index (χ0) is 15.7. The lowest BCUT2D eigenvalue weighted by molar-refractivity contribution is 0.396. The maximum Gasteiger partial charge on any atom is 0.243 e. The fourth-order valence-electron chi connectivity index (χ4n) is 2.89. The molecule has 0 saturated carbocycles.